The fourth-order valence-corrected chi connectivity index (χ4v) is 1.88. The van der Waals surface area contributed by atoms with Crippen molar-refractivity contribution in [2.45, 2.75) is 25.3 Å². The van der Waals surface area contributed by atoms with Crippen molar-refractivity contribution >= 4 is 11.7 Å². The van der Waals surface area contributed by atoms with Gasteiger partial charge in [-0.1, -0.05) is 0 Å². The van der Waals surface area contributed by atoms with E-state index in [1.165, 1.54) is 12.3 Å². The van der Waals surface area contributed by atoms with Crippen LogP contribution in [0.4, 0.5) is 0 Å². The van der Waals surface area contributed by atoms with E-state index in [2.05, 4.69) is 5.32 Å². The molecule has 90 valence electrons. The van der Waals surface area contributed by atoms with E-state index in [0.29, 0.717) is 6.54 Å². The summed E-state index contributed by atoms with van der Waals surface area (Å²) in [6.07, 6.45) is 5.30. The van der Waals surface area contributed by atoms with Crippen molar-refractivity contribution in [1.82, 2.24) is 10.2 Å². The van der Waals surface area contributed by atoms with E-state index in [9.17, 15) is 9.59 Å². The minimum atomic E-state index is -0.155. The summed E-state index contributed by atoms with van der Waals surface area (Å²) >= 11 is 0. The van der Waals surface area contributed by atoms with Gasteiger partial charge in [-0.2, -0.15) is 0 Å². The molecule has 1 saturated heterocycles. The summed E-state index contributed by atoms with van der Waals surface area (Å²) in [5.41, 5.74) is 5.14. The number of carbonyl (C=O) groups is 2. The van der Waals surface area contributed by atoms with E-state index in [1.54, 1.807) is 11.9 Å². The van der Waals surface area contributed by atoms with Gasteiger partial charge in [0.25, 0.3) is 0 Å². The molecule has 0 bridgehead atoms. The molecule has 1 atom stereocenters. The Labute approximate surface area is 95.7 Å². The summed E-state index contributed by atoms with van der Waals surface area (Å²) in [5, 5.41) is 2.98. The zero-order valence-electron chi connectivity index (χ0n) is 9.61. The van der Waals surface area contributed by atoms with Crippen LogP contribution in [0.5, 0.6) is 0 Å². The maximum absolute atomic E-state index is 12.0. The van der Waals surface area contributed by atoms with Gasteiger partial charge in [-0.05, 0) is 38.6 Å². The summed E-state index contributed by atoms with van der Waals surface area (Å²) in [6.45, 7) is 0.784. The van der Waals surface area contributed by atoms with E-state index < -0.39 is 0 Å². The van der Waals surface area contributed by atoms with Gasteiger partial charge in [0.2, 0.25) is 5.91 Å². The number of hydrogen-bond donors (Lipinski definition) is 2. The molecule has 1 amide bonds. The molecule has 1 aliphatic heterocycles. The minimum Gasteiger partial charge on any atom is -0.404 e. The second kappa shape index (κ2) is 6.27. The lowest BCUT2D eigenvalue weighted by Gasteiger charge is -2.22. The molecular weight excluding hydrogens is 206 g/mol. The van der Waals surface area contributed by atoms with Crippen LogP contribution in [0, 0.1) is 0 Å². The highest BCUT2D eigenvalue weighted by Crippen LogP contribution is 2.11. The Hall–Kier alpha value is -1.36. The molecule has 0 aromatic carbocycles. The number of ketones is 1. The number of carbonyl (C=O) groups excluding carboxylic acids is 2. The third-order valence-corrected chi connectivity index (χ3v) is 2.76. The smallest absolute Gasteiger partial charge is 0.240 e. The van der Waals surface area contributed by atoms with Crippen LogP contribution in [-0.2, 0) is 9.59 Å². The Balaban J connectivity index is 2.62. The minimum absolute atomic E-state index is 0.0128. The Morgan fingerprint density at radius 3 is 3.00 bits per heavy atom. The van der Waals surface area contributed by atoms with Crippen molar-refractivity contribution in [1.29, 1.82) is 0 Å². The van der Waals surface area contributed by atoms with Crippen molar-refractivity contribution in [3.05, 3.63) is 12.3 Å². The number of likely N-dealkylation sites (N-methyl/N-ethyl adjacent to an activating group) is 1. The lowest BCUT2D eigenvalue weighted by molar-refractivity contribution is -0.135. The summed E-state index contributed by atoms with van der Waals surface area (Å²) in [4.78, 5) is 25.0. The topological polar surface area (TPSA) is 75.4 Å². The molecule has 5 nitrogen and oxygen atoms in total. The average Bonchev–Trinajstić information content (AvgIpc) is 2.42. The van der Waals surface area contributed by atoms with E-state index in [4.69, 9.17) is 5.73 Å². The molecule has 3 N–H and O–H groups in total. The molecule has 16 heavy (non-hydrogen) atoms. The van der Waals surface area contributed by atoms with E-state index in [-0.39, 0.29) is 24.3 Å². The van der Waals surface area contributed by atoms with Gasteiger partial charge in [0, 0.05) is 6.54 Å². The van der Waals surface area contributed by atoms with Crippen molar-refractivity contribution in [3.63, 3.8) is 0 Å². The summed E-state index contributed by atoms with van der Waals surface area (Å²) in [7, 11) is 1.77. The van der Waals surface area contributed by atoms with Crippen LogP contribution in [0.25, 0.3) is 0 Å². The number of likely N-dealkylation sites (tertiary alicyclic amines) is 1. The first kappa shape index (κ1) is 12.7. The third kappa shape index (κ3) is 3.34. The Kier molecular flexibility index (Phi) is 4.98. The second-order valence-electron chi connectivity index (χ2n) is 3.92. The van der Waals surface area contributed by atoms with E-state index in [1.807, 2.05) is 0 Å². The first-order valence-corrected chi connectivity index (χ1v) is 5.56. The van der Waals surface area contributed by atoms with Gasteiger partial charge >= 0.3 is 0 Å². The van der Waals surface area contributed by atoms with Crippen molar-refractivity contribution < 1.29 is 9.59 Å². The highest BCUT2D eigenvalue weighted by atomic mass is 16.2. The molecule has 0 radical (unpaired) electrons. The highest BCUT2D eigenvalue weighted by molar-refractivity contribution is 5.94. The summed E-state index contributed by atoms with van der Waals surface area (Å²) < 4.78 is 0. The van der Waals surface area contributed by atoms with Crippen molar-refractivity contribution in [2.24, 2.45) is 5.73 Å². The zero-order chi connectivity index (χ0) is 12.0. The molecule has 0 spiro atoms. The Morgan fingerprint density at radius 2 is 2.38 bits per heavy atom. The van der Waals surface area contributed by atoms with E-state index >= 15 is 0 Å². The number of hydrogen-bond acceptors (Lipinski definition) is 4. The van der Waals surface area contributed by atoms with Crippen LogP contribution in [0.1, 0.15) is 19.3 Å². The zero-order valence-corrected chi connectivity index (χ0v) is 9.61. The summed E-state index contributed by atoms with van der Waals surface area (Å²) in [6, 6.07) is -0.155. The van der Waals surface area contributed by atoms with Crippen LogP contribution in [0.3, 0.4) is 0 Å². The quantitative estimate of drug-likeness (QED) is 0.640. The molecule has 1 heterocycles. The van der Waals surface area contributed by atoms with E-state index in [0.717, 1.165) is 19.3 Å². The monoisotopic (exact) mass is 225 g/mol. The van der Waals surface area contributed by atoms with Gasteiger partial charge < -0.3 is 16.0 Å². The fourth-order valence-electron chi connectivity index (χ4n) is 1.88. The van der Waals surface area contributed by atoms with Crippen LogP contribution in [-0.4, -0.2) is 42.8 Å². The number of nitrogens with zero attached hydrogens (tertiary/aromatic N) is 1. The Bertz CT molecular complexity index is 289. The number of amides is 1. The molecule has 1 aliphatic rings. The van der Waals surface area contributed by atoms with Crippen molar-refractivity contribution in [2.75, 3.05) is 20.1 Å². The van der Waals surface area contributed by atoms with Gasteiger partial charge in [0.1, 0.15) is 0 Å². The van der Waals surface area contributed by atoms with Gasteiger partial charge in [0.15, 0.2) is 5.78 Å². The van der Waals surface area contributed by atoms with Gasteiger partial charge in [-0.15, -0.1) is 0 Å². The maximum atomic E-state index is 12.0. The highest BCUT2D eigenvalue weighted by Gasteiger charge is 2.26. The molecule has 1 fully saturated rings. The molecule has 0 saturated carbocycles. The standard InChI is InChI=1S/C11H19N3O2/c1-13-10-4-2-3-7-14(11(10)16)8-9(15)5-6-12/h5-6,10,13H,2-4,7-8,12H2,1H3. The molecule has 0 aliphatic carbocycles. The van der Waals surface area contributed by atoms with Gasteiger partial charge in [0.05, 0.1) is 12.6 Å². The molecule has 1 unspecified atom stereocenters. The molecule has 0 aromatic heterocycles. The van der Waals surface area contributed by atoms with Crippen LogP contribution in [0.2, 0.25) is 0 Å². The van der Waals surface area contributed by atoms with Crippen LogP contribution < -0.4 is 11.1 Å². The normalized spacial score (nSPS) is 22.4. The second-order valence-corrected chi connectivity index (χ2v) is 3.92. The average molecular weight is 225 g/mol. The molecule has 1 rings (SSSR count). The predicted molar refractivity (Wildman–Crippen MR) is 61.6 cm³/mol. The first-order chi connectivity index (χ1) is 7.69. The Morgan fingerprint density at radius 1 is 1.62 bits per heavy atom. The van der Waals surface area contributed by atoms with Crippen LogP contribution in [0.15, 0.2) is 12.3 Å². The number of rotatable bonds is 4. The predicted octanol–water partition coefficient (Wildman–Crippen LogP) is -0.372. The SMILES string of the molecule is CNC1CCCCN(CC(=O)C=CN)C1=O. The van der Waals surface area contributed by atoms with Crippen molar-refractivity contribution in [3.8, 4) is 0 Å². The largest absolute Gasteiger partial charge is 0.404 e. The third-order valence-electron chi connectivity index (χ3n) is 2.76. The molecule has 0 aromatic rings. The molecule has 5 heteroatoms. The van der Waals surface area contributed by atoms with Crippen LogP contribution >= 0.6 is 0 Å². The maximum Gasteiger partial charge on any atom is 0.240 e. The number of nitrogens with one attached hydrogen (secondary N) is 1. The van der Waals surface area contributed by atoms with Gasteiger partial charge in [-0.25, -0.2) is 0 Å². The first-order valence-electron chi connectivity index (χ1n) is 5.56. The summed E-state index contributed by atoms with van der Waals surface area (Å²) in [5.74, 6) is -0.119. The number of nitrogens with two attached hydrogens (primary N) is 1. The lowest BCUT2D eigenvalue weighted by atomic mass is 10.1. The molecular formula is C11H19N3O2. The fraction of sp³-hybridized carbons (Fsp3) is 0.636. The van der Waals surface area contributed by atoms with Gasteiger partial charge in [-0.3, -0.25) is 9.59 Å². The lowest BCUT2D eigenvalue weighted by Crippen LogP contribution is -2.45.